The molecule has 24 heavy (non-hydrogen) atoms. The second-order valence-corrected chi connectivity index (χ2v) is 7.46. The summed E-state index contributed by atoms with van der Waals surface area (Å²) in [5.74, 6) is 0.525. The third kappa shape index (κ3) is 3.82. The summed E-state index contributed by atoms with van der Waals surface area (Å²) in [6, 6.07) is 1.70. The number of carbonyl (C=O) groups excluding carboxylic acids is 1. The third-order valence-electron chi connectivity index (χ3n) is 3.36. The van der Waals surface area contributed by atoms with Crippen LogP contribution in [-0.4, -0.2) is 25.8 Å². The zero-order valence-electron chi connectivity index (χ0n) is 13.6. The molecular weight excluding hydrogens is 342 g/mol. The van der Waals surface area contributed by atoms with Gasteiger partial charge in [-0.3, -0.25) is 4.79 Å². The first-order chi connectivity index (χ1) is 11.5. The molecule has 0 aliphatic carbocycles. The largest absolute Gasteiger partial charge is 0.348 e. The molecule has 0 fully saturated rings. The fourth-order valence-electron chi connectivity index (χ4n) is 2.37. The summed E-state index contributed by atoms with van der Waals surface area (Å²) < 4.78 is 0. The SMILES string of the molecule is Cc1nc(C)c([C@@H](C)NC(=O)Cc2csc(-c3ncccn3)n2)s1. The first-order valence-corrected chi connectivity index (χ1v) is 9.17. The highest BCUT2D eigenvalue weighted by atomic mass is 32.1. The van der Waals surface area contributed by atoms with Gasteiger partial charge >= 0.3 is 0 Å². The lowest BCUT2D eigenvalue weighted by Crippen LogP contribution is -2.28. The maximum atomic E-state index is 12.3. The number of nitrogens with one attached hydrogen (secondary N) is 1. The molecule has 1 N–H and O–H groups in total. The Hall–Kier alpha value is -2.19. The molecule has 0 aliphatic heterocycles. The van der Waals surface area contributed by atoms with Crippen LogP contribution in [-0.2, 0) is 11.2 Å². The Morgan fingerprint density at radius 2 is 2.00 bits per heavy atom. The van der Waals surface area contributed by atoms with Crippen LogP contribution in [0.2, 0.25) is 0 Å². The van der Waals surface area contributed by atoms with E-state index < -0.39 is 0 Å². The number of hydrogen-bond acceptors (Lipinski definition) is 7. The highest BCUT2D eigenvalue weighted by molar-refractivity contribution is 7.13. The molecule has 0 spiro atoms. The number of thiazole rings is 2. The van der Waals surface area contributed by atoms with E-state index in [4.69, 9.17) is 0 Å². The number of aromatic nitrogens is 4. The smallest absolute Gasteiger partial charge is 0.226 e. The molecule has 0 radical (unpaired) electrons. The monoisotopic (exact) mass is 359 g/mol. The van der Waals surface area contributed by atoms with Gasteiger partial charge < -0.3 is 5.32 Å². The predicted molar refractivity (Wildman–Crippen MR) is 95.0 cm³/mol. The minimum atomic E-state index is -0.0567. The number of rotatable bonds is 5. The summed E-state index contributed by atoms with van der Waals surface area (Å²) in [6.45, 7) is 5.91. The summed E-state index contributed by atoms with van der Waals surface area (Å²) in [6.07, 6.45) is 3.60. The fraction of sp³-hybridized carbons (Fsp3) is 0.312. The minimum absolute atomic E-state index is 0.0562. The highest BCUT2D eigenvalue weighted by Crippen LogP contribution is 2.24. The van der Waals surface area contributed by atoms with Crippen molar-refractivity contribution in [2.75, 3.05) is 0 Å². The van der Waals surface area contributed by atoms with Crippen molar-refractivity contribution in [3.8, 4) is 10.8 Å². The quantitative estimate of drug-likeness (QED) is 0.757. The number of hydrogen-bond donors (Lipinski definition) is 1. The molecule has 3 aromatic heterocycles. The molecule has 6 nitrogen and oxygen atoms in total. The number of nitrogens with zero attached hydrogens (tertiary/aromatic N) is 4. The summed E-state index contributed by atoms with van der Waals surface area (Å²) >= 11 is 3.06. The molecule has 0 saturated heterocycles. The van der Waals surface area contributed by atoms with Crippen LogP contribution in [0, 0.1) is 13.8 Å². The van der Waals surface area contributed by atoms with Crippen molar-refractivity contribution in [3.05, 3.63) is 45.1 Å². The van der Waals surface area contributed by atoms with Gasteiger partial charge in [0.2, 0.25) is 5.91 Å². The normalized spacial score (nSPS) is 12.1. The molecule has 0 bridgehead atoms. The summed E-state index contributed by atoms with van der Waals surface area (Å²) in [5.41, 5.74) is 1.70. The minimum Gasteiger partial charge on any atom is -0.348 e. The Bertz CT molecular complexity index is 843. The molecule has 3 aromatic rings. The average molecular weight is 359 g/mol. The van der Waals surface area contributed by atoms with E-state index >= 15 is 0 Å². The standard InChI is InChI=1S/C16H17N5OS2/c1-9-14(24-11(3)19-9)10(2)20-13(22)7-12-8-23-16(21-12)15-17-5-4-6-18-15/h4-6,8,10H,7H2,1-3H3,(H,20,22)/t10-/m1/s1. The van der Waals surface area contributed by atoms with Gasteiger partial charge in [0.25, 0.3) is 0 Å². The van der Waals surface area contributed by atoms with E-state index in [1.54, 1.807) is 29.8 Å². The summed E-state index contributed by atoms with van der Waals surface area (Å²) in [4.78, 5) is 30.6. The van der Waals surface area contributed by atoms with E-state index in [9.17, 15) is 4.79 Å². The van der Waals surface area contributed by atoms with Crippen LogP contribution in [0.15, 0.2) is 23.8 Å². The molecule has 3 rings (SSSR count). The Morgan fingerprint density at radius 3 is 2.67 bits per heavy atom. The van der Waals surface area contributed by atoms with Crippen molar-refractivity contribution in [2.45, 2.75) is 33.2 Å². The molecule has 8 heteroatoms. The van der Waals surface area contributed by atoms with Crippen molar-refractivity contribution >= 4 is 28.6 Å². The molecule has 1 amide bonds. The molecule has 3 heterocycles. The van der Waals surface area contributed by atoms with Crippen LogP contribution in [0.5, 0.6) is 0 Å². The summed E-state index contributed by atoms with van der Waals surface area (Å²) in [5, 5.41) is 6.62. The van der Waals surface area contributed by atoms with Crippen LogP contribution < -0.4 is 5.32 Å². The summed E-state index contributed by atoms with van der Waals surface area (Å²) in [7, 11) is 0. The van der Waals surface area contributed by atoms with E-state index in [0.717, 1.165) is 26.3 Å². The highest BCUT2D eigenvalue weighted by Gasteiger charge is 2.16. The third-order valence-corrected chi connectivity index (χ3v) is 5.50. The van der Waals surface area contributed by atoms with Crippen LogP contribution in [0.1, 0.15) is 34.2 Å². The van der Waals surface area contributed by atoms with Gasteiger partial charge in [-0.1, -0.05) is 0 Å². The molecule has 1 atom stereocenters. The van der Waals surface area contributed by atoms with E-state index in [-0.39, 0.29) is 18.4 Å². The van der Waals surface area contributed by atoms with Gasteiger partial charge in [-0.25, -0.2) is 19.9 Å². The lowest BCUT2D eigenvalue weighted by Gasteiger charge is -2.12. The number of carbonyl (C=O) groups is 1. The molecule has 0 aliphatic rings. The number of aryl methyl sites for hydroxylation is 2. The fourth-order valence-corrected chi connectivity index (χ4v) is 4.07. The van der Waals surface area contributed by atoms with E-state index in [0.29, 0.717) is 5.82 Å². The topological polar surface area (TPSA) is 80.7 Å². The Labute approximate surface area is 148 Å². The first-order valence-electron chi connectivity index (χ1n) is 7.48. The van der Waals surface area contributed by atoms with E-state index in [1.165, 1.54) is 11.3 Å². The molecular formula is C16H17N5OS2. The molecule has 0 saturated carbocycles. The van der Waals surface area contributed by atoms with Crippen LogP contribution in [0.3, 0.4) is 0 Å². The van der Waals surface area contributed by atoms with Crippen molar-refractivity contribution in [3.63, 3.8) is 0 Å². The predicted octanol–water partition coefficient (Wildman–Crippen LogP) is 3.09. The van der Waals surface area contributed by atoms with Crippen LogP contribution >= 0.6 is 22.7 Å². The average Bonchev–Trinajstić information content (AvgIpc) is 3.14. The zero-order chi connectivity index (χ0) is 17.1. The van der Waals surface area contributed by atoms with Gasteiger partial charge in [-0.2, -0.15) is 0 Å². The van der Waals surface area contributed by atoms with Gasteiger partial charge in [-0.15, -0.1) is 22.7 Å². The van der Waals surface area contributed by atoms with Gasteiger partial charge in [-0.05, 0) is 26.8 Å². The van der Waals surface area contributed by atoms with Gasteiger partial charge in [0.05, 0.1) is 28.9 Å². The van der Waals surface area contributed by atoms with Crippen molar-refractivity contribution in [1.82, 2.24) is 25.3 Å². The van der Waals surface area contributed by atoms with Crippen LogP contribution in [0.25, 0.3) is 10.8 Å². The van der Waals surface area contributed by atoms with Crippen molar-refractivity contribution in [2.24, 2.45) is 0 Å². The van der Waals surface area contributed by atoms with Crippen molar-refractivity contribution in [1.29, 1.82) is 0 Å². The first kappa shape index (κ1) is 16.7. The second kappa shape index (κ2) is 7.14. The maximum absolute atomic E-state index is 12.3. The molecule has 0 aromatic carbocycles. The Kier molecular flexibility index (Phi) is 4.96. The van der Waals surface area contributed by atoms with Gasteiger partial charge in [0.1, 0.15) is 0 Å². The zero-order valence-corrected chi connectivity index (χ0v) is 15.2. The number of amides is 1. The van der Waals surface area contributed by atoms with Gasteiger partial charge in [0, 0.05) is 22.7 Å². The maximum Gasteiger partial charge on any atom is 0.226 e. The Morgan fingerprint density at radius 1 is 1.25 bits per heavy atom. The van der Waals surface area contributed by atoms with Crippen LogP contribution in [0.4, 0.5) is 0 Å². The molecule has 0 unspecified atom stereocenters. The molecule has 124 valence electrons. The van der Waals surface area contributed by atoms with Crippen molar-refractivity contribution < 1.29 is 4.79 Å². The second-order valence-electron chi connectivity index (χ2n) is 5.36. The Balaban J connectivity index is 1.63. The van der Waals surface area contributed by atoms with E-state index in [2.05, 4.69) is 25.3 Å². The lowest BCUT2D eigenvalue weighted by molar-refractivity contribution is -0.121. The van der Waals surface area contributed by atoms with Gasteiger partial charge in [0.15, 0.2) is 10.8 Å². The lowest BCUT2D eigenvalue weighted by atomic mass is 10.2. The van der Waals surface area contributed by atoms with E-state index in [1.807, 2.05) is 26.2 Å².